The van der Waals surface area contributed by atoms with Crippen molar-refractivity contribution < 1.29 is 9.59 Å². The van der Waals surface area contributed by atoms with Crippen LogP contribution in [-0.4, -0.2) is 24.9 Å². The second-order valence-corrected chi connectivity index (χ2v) is 6.80. The van der Waals surface area contributed by atoms with Crippen LogP contribution in [0.4, 0.5) is 17.1 Å². The van der Waals surface area contributed by atoms with Gasteiger partial charge in [0.1, 0.15) is 0 Å². The zero-order valence-electron chi connectivity index (χ0n) is 15.3. The van der Waals surface area contributed by atoms with E-state index in [0.717, 1.165) is 35.6 Å². The molecule has 3 rings (SSSR count). The Morgan fingerprint density at radius 3 is 2.31 bits per heavy atom. The monoisotopic (exact) mass is 351 g/mol. The first-order valence-electron chi connectivity index (χ1n) is 9.03. The fourth-order valence-corrected chi connectivity index (χ4v) is 3.25. The van der Waals surface area contributed by atoms with Crippen LogP contribution in [0.5, 0.6) is 0 Å². The summed E-state index contributed by atoms with van der Waals surface area (Å²) in [5.41, 5.74) is 4.79. The molecule has 1 heterocycles. The van der Waals surface area contributed by atoms with Crippen LogP contribution in [-0.2, 0) is 16.0 Å². The first kappa shape index (κ1) is 18.0. The van der Waals surface area contributed by atoms with Crippen LogP contribution < -0.4 is 15.5 Å². The third-order valence-corrected chi connectivity index (χ3v) is 4.59. The molecule has 1 aliphatic rings. The number of carbonyl (C=O) groups is 2. The van der Waals surface area contributed by atoms with E-state index in [2.05, 4.69) is 27.7 Å². The van der Waals surface area contributed by atoms with Gasteiger partial charge in [0.15, 0.2) is 0 Å². The molecule has 0 saturated carbocycles. The van der Waals surface area contributed by atoms with Crippen molar-refractivity contribution in [3.8, 4) is 0 Å². The Kier molecular flexibility index (Phi) is 5.56. The molecule has 0 aromatic heterocycles. The minimum Gasteiger partial charge on any atom is -0.372 e. The highest BCUT2D eigenvalue weighted by Gasteiger charge is 2.13. The standard InChI is InChI=1S/C21H25N3O2/c1-15-13-19(24-11-3-4-12-24)9-10-20(15)23-21(26)14-17-5-7-18(8-6-17)22-16(2)25/h5-10,13H,3-4,11-12,14H2,1-2H3,(H,22,25)(H,23,26). The van der Waals surface area contributed by atoms with E-state index in [-0.39, 0.29) is 11.8 Å². The second kappa shape index (κ2) is 8.04. The number of anilines is 3. The highest BCUT2D eigenvalue weighted by molar-refractivity contribution is 5.93. The first-order chi connectivity index (χ1) is 12.5. The number of amides is 2. The van der Waals surface area contributed by atoms with Crippen molar-refractivity contribution >= 4 is 28.9 Å². The van der Waals surface area contributed by atoms with Gasteiger partial charge in [0.2, 0.25) is 11.8 Å². The smallest absolute Gasteiger partial charge is 0.228 e. The molecule has 0 aliphatic carbocycles. The van der Waals surface area contributed by atoms with Gasteiger partial charge in [-0.15, -0.1) is 0 Å². The van der Waals surface area contributed by atoms with Gasteiger partial charge in [-0.3, -0.25) is 9.59 Å². The van der Waals surface area contributed by atoms with Crippen LogP contribution in [0, 0.1) is 6.92 Å². The molecule has 2 amide bonds. The van der Waals surface area contributed by atoms with Gasteiger partial charge in [-0.2, -0.15) is 0 Å². The highest BCUT2D eigenvalue weighted by Crippen LogP contribution is 2.25. The molecule has 0 unspecified atom stereocenters. The van der Waals surface area contributed by atoms with Gasteiger partial charge in [0.25, 0.3) is 0 Å². The Morgan fingerprint density at radius 1 is 1.00 bits per heavy atom. The molecule has 26 heavy (non-hydrogen) atoms. The number of hydrogen-bond acceptors (Lipinski definition) is 3. The minimum absolute atomic E-state index is 0.0469. The maximum absolute atomic E-state index is 12.3. The maximum Gasteiger partial charge on any atom is 0.228 e. The number of nitrogens with one attached hydrogen (secondary N) is 2. The van der Waals surface area contributed by atoms with Gasteiger partial charge in [-0.25, -0.2) is 0 Å². The third kappa shape index (κ3) is 4.63. The van der Waals surface area contributed by atoms with Crippen LogP contribution in [0.1, 0.15) is 30.9 Å². The molecule has 0 spiro atoms. The lowest BCUT2D eigenvalue weighted by molar-refractivity contribution is -0.116. The van der Waals surface area contributed by atoms with Crippen LogP contribution in [0.15, 0.2) is 42.5 Å². The van der Waals surface area contributed by atoms with Crippen LogP contribution in [0.2, 0.25) is 0 Å². The van der Waals surface area contributed by atoms with E-state index in [0.29, 0.717) is 6.42 Å². The number of aryl methyl sites for hydroxylation is 1. The number of rotatable bonds is 5. The first-order valence-corrected chi connectivity index (χ1v) is 9.03. The van der Waals surface area contributed by atoms with Gasteiger partial charge >= 0.3 is 0 Å². The lowest BCUT2D eigenvalue weighted by atomic mass is 10.1. The molecule has 0 bridgehead atoms. The van der Waals surface area contributed by atoms with Crippen LogP contribution in [0.25, 0.3) is 0 Å². The maximum atomic E-state index is 12.3. The number of hydrogen-bond donors (Lipinski definition) is 2. The SMILES string of the molecule is CC(=O)Nc1ccc(CC(=O)Nc2ccc(N3CCCC3)cc2C)cc1. The summed E-state index contributed by atoms with van der Waals surface area (Å²) < 4.78 is 0. The molecule has 1 aliphatic heterocycles. The Labute approximate surface area is 154 Å². The summed E-state index contributed by atoms with van der Waals surface area (Å²) in [5, 5.41) is 5.71. The fraction of sp³-hybridized carbons (Fsp3) is 0.333. The van der Waals surface area contributed by atoms with Gasteiger partial charge in [0.05, 0.1) is 6.42 Å². The van der Waals surface area contributed by atoms with Crippen molar-refractivity contribution in [3.63, 3.8) is 0 Å². The highest BCUT2D eigenvalue weighted by atomic mass is 16.2. The van der Waals surface area contributed by atoms with Crippen LogP contribution >= 0.6 is 0 Å². The molecule has 5 nitrogen and oxygen atoms in total. The lowest BCUT2D eigenvalue weighted by Crippen LogP contribution is -2.18. The molecule has 0 atom stereocenters. The second-order valence-electron chi connectivity index (χ2n) is 6.80. The fourth-order valence-electron chi connectivity index (χ4n) is 3.25. The zero-order chi connectivity index (χ0) is 18.5. The normalized spacial score (nSPS) is 13.5. The Balaban J connectivity index is 1.60. The molecule has 136 valence electrons. The van der Waals surface area contributed by atoms with E-state index < -0.39 is 0 Å². The van der Waals surface area contributed by atoms with Crippen molar-refractivity contribution in [1.82, 2.24) is 0 Å². The summed E-state index contributed by atoms with van der Waals surface area (Å²) in [6, 6.07) is 13.5. The molecule has 2 aromatic carbocycles. The quantitative estimate of drug-likeness (QED) is 0.863. The Hall–Kier alpha value is -2.82. The van der Waals surface area contributed by atoms with Crippen molar-refractivity contribution in [3.05, 3.63) is 53.6 Å². The Morgan fingerprint density at radius 2 is 1.69 bits per heavy atom. The third-order valence-electron chi connectivity index (χ3n) is 4.59. The summed E-state index contributed by atoms with van der Waals surface area (Å²) in [6.07, 6.45) is 2.80. The van der Waals surface area contributed by atoms with E-state index in [9.17, 15) is 9.59 Å². The average Bonchev–Trinajstić information content (AvgIpc) is 3.12. The zero-order valence-corrected chi connectivity index (χ0v) is 15.3. The molecule has 1 saturated heterocycles. The van der Waals surface area contributed by atoms with E-state index in [1.165, 1.54) is 25.5 Å². The molecule has 5 heteroatoms. The number of benzene rings is 2. The van der Waals surface area contributed by atoms with Crippen molar-refractivity contribution in [2.45, 2.75) is 33.1 Å². The topological polar surface area (TPSA) is 61.4 Å². The van der Waals surface area contributed by atoms with Crippen molar-refractivity contribution in [2.75, 3.05) is 28.6 Å². The van der Waals surface area contributed by atoms with Crippen molar-refractivity contribution in [1.29, 1.82) is 0 Å². The molecule has 2 N–H and O–H groups in total. The molecule has 0 radical (unpaired) electrons. The van der Waals surface area contributed by atoms with E-state index in [1.54, 1.807) is 12.1 Å². The molecule has 1 fully saturated rings. The van der Waals surface area contributed by atoms with Gasteiger partial charge in [-0.05, 0) is 61.2 Å². The lowest BCUT2D eigenvalue weighted by Gasteiger charge is -2.19. The largest absolute Gasteiger partial charge is 0.372 e. The molecule has 2 aromatic rings. The van der Waals surface area contributed by atoms with Crippen molar-refractivity contribution in [2.24, 2.45) is 0 Å². The molecular formula is C21H25N3O2. The van der Waals surface area contributed by atoms with Gasteiger partial charge < -0.3 is 15.5 Å². The summed E-state index contributed by atoms with van der Waals surface area (Å²) in [7, 11) is 0. The van der Waals surface area contributed by atoms with E-state index >= 15 is 0 Å². The van der Waals surface area contributed by atoms with Gasteiger partial charge in [0, 0.05) is 37.1 Å². The van der Waals surface area contributed by atoms with E-state index in [4.69, 9.17) is 0 Å². The number of nitrogens with zero attached hydrogens (tertiary/aromatic N) is 1. The summed E-state index contributed by atoms with van der Waals surface area (Å²) in [5.74, 6) is -0.155. The predicted molar refractivity (Wildman–Crippen MR) is 106 cm³/mol. The minimum atomic E-state index is -0.108. The van der Waals surface area contributed by atoms with E-state index in [1.807, 2.05) is 25.1 Å². The summed E-state index contributed by atoms with van der Waals surface area (Å²) >= 11 is 0. The summed E-state index contributed by atoms with van der Waals surface area (Å²) in [6.45, 7) is 5.72. The Bertz CT molecular complexity index is 793. The van der Waals surface area contributed by atoms with Gasteiger partial charge in [-0.1, -0.05) is 12.1 Å². The van der Waals surface area contributed by atoms with Crippen LogP contribution in [0.3, 0.4) is 0 Å². The predicted octanol–water partition coefficient (Wildman–Crippen LogP) is 3.73. The molecular weight excluding hydrogens is 326 g/mol. The number of carbonyl (C=O) groups excluding carboxylic acids is 2. The average molecular weight is 351 g/mol. The summed E-state index contributed by atoms with van der Waals surface area (Å²) in [4.78, 5) is 25.8.